The van der Waals surface area contributed by atoms with Gasteiger partial charge in [0.2, 0.25) is 0 Å². The molecule has 3 aromatic rings. The molecule has 27 heavy (non-hydrogen) atoms. The molecule has 1 unspecified atom stereocenters. The fourth-order valence-electron chi connectivity index (χ4n) is 2.67. The molecule has 0 radical (unpaired) electrons. The zero-order valence-electron chi connectivity index (χ0n) is 15.2. The van der Waals surface area contributed by atoms with Crippen molar-refractivity contribution in [3.05, 3.63) is 83.6 Å². The third kappa shape index (κ3) is 4.60. The molecule has 0 saturated heterocycles. The van der Waals surface area contributed by atoms with E-state index in [1.165, 1.54) is 6.20 Å². The fraction of sp³-hybridized carbons (Fsp3) is 0.190. The fourth-order valence-corrected chi connectivity index (χ4v) is 2.67. The van der Waals surface area contributed by atoms with Crippen LogP contribution in [0.1, 0.15) is 40.3 Å². The number of rotatable bonds is 6. The number of furan rings is 1. The van der Waals surface area contributed by atoms with E-state index in [0.717, 1.165) is 17.9 Å². The summed E-state index contributed by atoms with van der Waals surface area (Å²) < 4.78 is 5.46. The SMILES string of the molecule is CC(c1ccco1)N(C)Cc1ccc(C(=O)Nc2ccc(C#N)nc2)cc1. The quantitative estimate of drug-likeness (QED) is 0.719. The third-order valence-corrected chi connectivity index (χ3v) is 4.40. The largest absolute Gasteiger partial charge is 0.468 e. The van der Waals surface area contributed by atoms with Gasteiger partial charge in [-0.3, -0.25) is 9.69 Å². The number of nitrogens with zero attached hydrogens (tertiary/aromatic N) is 3. The van der Waals surface area contributed by atoms with Crippen LogP contribution in [0.2, 0.25) is 0 Å². The number of nitrogens with one attached hydrogen (secondary N) is 1. The van der Waals surface area contributed by atoms with Gasteiger partial charge in [0, 0.05) is 12.1 Å². The number of aromatic nitrogens is 1. The Balaban J connectivity index is 1.60. The first-order chi connectivity index (χ1) is 13.1. The Labute approximate surface area is 158 Å². The predicted octanol–water partition coefficient (Wildman–Crippen LogP) is 3.99. The lowest BCUT2D eigenvalue weighted by atomic mass is 10.1. The minimum Gasteiger partial charge on any atom is -0.468 e. The number of carbonyl (C=O) groups excluding carboxylic acids is 1. The van der Waals surface area contributed by atoms with Gasteiger partial charge in [-0.05, 0) is 55.9 Å². The molecule has 6 nitrogen and oxygen atoms in total. The topological polar surface area (TPSA) is 82.2 Å². The molecule has 0 saturated carbocycles. The van der Waals surface area contributed by atoms with Crippen molar-refractivity contribution in [1.82, 2.24) is 9.88 Å². The second-order valence-corrected chi connectivity index (χ2v) is 6.30. The van der Waals surface area contributed by atoms with Gasteiger partial charge in [-0.15, -0.1) is 0 Å². The summed E-state index contributed by atoms with van der Waals surface area (Å²) in [5.74, 6) is 0.704. The van der Waals surface area contributed by atoms with E-state index < -0.39 is 0 Å². The van der Waals surface area contributed by atoms with Crippen molar-refractivity contribution in [3.8, 4) is 6.07 Å². The minimum absolute atomic E-state index is 0.159. The van der Waals surface area contributed by atoms with Crippen molar-refractivity contribution in [2.45, 2.75) is 19.5 Å². The summed E-state index contributed by atoms with van der Waals surface area (Å²) >= 11 is 0. The van der Waals surface area contributed by atoms with Crippen LogP contribution in [0, 0.1) is 11.3 Å². The van der Waals surface area contributed by atoms with E-state index >= 15 is 0 Å². The van der Waals surface area contributed by atoms with Crippen LogP contribution < -0.4 is 5.32 Å². The van der Waals surface area contributed by atoms with Gasteiger partial charge in [0.15, 0.2) is 0 Å². The first-order valence-electron chi connectivity index (χ1n) is 8.57. The Hall–Kier alpha value is -3.43. The van der Waals surface area contributed by atoms with Crippen molar-refractivity contribution in [1.29, 1.82) is 5.26 Å². The van der Waals surface area contributed by atoms with Gasteiger partial charge in [0.1, 0.15) is 17.5 Å². The molecule has 1 atom stereocenters. The van der Waals surface area contributed by atoms with Gasteiger partial charge in [0.05, 0.1) is 24.2 Å². The van der Waals surface area contributed by atoms with Gasteiger partial charge in [0.25, 0.3) is 5.91 Å². The van der Waals surface area contributed by atoms with Gasteiger partial charge in [-0.2, -0.15) is 5.26 Å². The van der Waals surface area contributed by atoms with Crippen molar-refractivity contribution in [2.75, 3.05) is 12.4 Å². The van der Waals surface area contributed by atoms with E-state index in [1.807, 2.05) is 37.4 Å². The summed E-state index contributed by atoms with van der Waals surface area (Å²) in [5, 5.41) is 11.5. The number of benzene rings is 1. The number of hydrogen-bond acceptors (Lipinski definition) is 5. The molecule has 1 amide bonds. The molecule has 0 bridgehead atoms. The van der Waals surface area contributed by atoms with E-state index in [4.69, 9.17) is 9.68 Å². The average molecular weight is 360 g/mol. The first-order valence-corrected chi connectivity index (χ1v) is 8.57. The van der Waals surface area contributed by atoms with Crippen molar-refractivity contribution >= 4 is 11.6 Å². The molecule has 0 aliphatic carbocycles. The maximum Gasteiger partial charge on any atom is 0.255 e. The van der Waals surface area contributed by atoms with Crippen LogP contribution >= 0.6 is 0 Å². The maximum atomic E-state index is 12.3. The summed E-state index contributed by atoms with van der Waals surface area (Å²) in [6, 6.07) is 16.7. The lowest BCUT2D eigenvalue weighted by Crippen LogP contribution is -2.21. The molecule has 136 valence electrons. The Bertz CT molecular complexity index is 926. The van der Waals surface area contributed by atoms with Crippen LogP contribution in [0.5, 0.6) is 0 Å². The number of anilines is 1. The number of amides is 1. The van der Waals surface area contributed by atoms with Crippen LogP contribution in [0.25, 0.3) is 0 Å². The van der Waals surface area contributed by atoms with Crippen molar-refractivity contribution in [2.24, 2.45) is 0 Å². The highest BCUT2D eigenvalue weighted by molar-refractivity contribution is 6.04. The summed E-state index contributed by atoms with van der Waals surface area (Å²) in [6.07, 6.45) is 3.15. The summed E-state index contributed by atoms with van der Waals surface area (Å²) in [5.41, 5.74) is 2.53. The van der Waals surface area contributed by atoms with E-state index in [-0.39, 0.29) is 11.9 Å². The van der Waals surface area contributed by atoms with E-state index in [1.54, 1.807) is 30.5 Å². The standard InChI is InChI=1S/C21H20N4O2/c1-15(20-4-3-11-27-20)25(2)14-16-5-7-17(8-6-16)21(26)24-19-10-9-18(12-22)23-13-19/h3-11,13,15H,14H2,1-2H3,(H,24,26). The average Bonchev–Trinajstić information content (AvgIpc) is 3.23. The molecule has 3 rings (SSSR count). The molecule has 1 N–H and O–H groups in total. The normalized spacial score (nSPS) is 11.8. The highest BCUT2D eigenvalue weighted by atomic mass is 16.3. The summed E-state index contributed by atoms with van der Waals surface area (Å²) in [4.78, 5) is 18.5. The Morgan fingerprint density at radius 1 is 1.26 bits per heavy atom. The second-order valence-electron chi connectivity index (χ2n) is 6.30. The van der Waals surface area contributed by atoms with Crippen molar-refractivity contribution < 1.29 is 9.21 Å². The Morgan fingerprint density at radius 3 is 2.63 bits per heavy atom. The second kappa shape index (κ2) is 8.30. The number of pyridine rings is 1. The van der Waals surface area contributed by atoms with Crippen LogP contribution in [0.15, 0.2) is 65.4 Å². The minimum atomic E-state index is -0.217. The van der Waals surface area contributed by atoms with Crippen LogP contribution in [-0.4, -0.2) is 22.8 Å². The number of hydrogen-bond donors (Lipinski definition) is 1. The van der Waals surface area contributed by atoms with Gasteiger partial charge < -0.3 is 9.73 Å². The molecule has 2 aromatic heterocycles. The van der Waals surface area contributed by atoms with E-state index in [2.05, 4.69) is 22.1 Å². The van der Waals surface area contributed by atoms with E-state index in [0.29, 0.717) is 16.9 Å². The smallest absolute Gasteiger partial charge is 0.255 e. The summed E-state index contributed by atoms with van der Waals surface area (Å²) in [7, 11) is 2.03. The van der Waals surface area contributed by atoms with Crippen LogP contribution in [0.4, 0.5) is 5.69 Å². The lowest BCUT2D eigenvalue weighted by molar-refractivity contribution is 0.102. The highest BCUT2D eigenvalue weighted by Crippen LogP contribution is 2.21. The predicted molar refractivity (Wildman–Crippen MR) is 102 cm³/mol. The zero-order valence-corrected chi connectivity index (χ0v) is 15.2. The monoisotopic (exact) mass is 360 g/mol. The van der Waals surface area contributed by atoms with Gasteiger partial charge in [-0.1, -0.05) is 12.1 Å². The van der Waals surface area contributed by atoms with Gasteiger partial charge >= 0.3 is 0 Å². The van der Waals surface area contributed by atoms with Gasteiger partial charge in [-0.25, -0.2) is 4.98 Å². The first kappa shape index (κ1) is 18.4. The molecule has 6 heteroatoms. The number of nitriles is 1. The van der Waals surface area contributed by atoms with Crippen molar-refractivity contribution in [3.63, 3.8) is 0 Å². The molecule has 0 aliphatic rings. The van der Waals surface area contributed by atoms with Crippen LogP contribution in [0.3, 0.4) is 0 Å². The highest BCUT2D eigenvalue weighted by Gasteiger charge is 2.14. The maximum absolute atomic E-state index is 12.3. The van der Waals surface area contributed by atoms with E-state index in [9.17, 15) is 4.79 Å². The lowest BCUT2D eigenvalue weighted by Gasteiger charge is -2.23. The zero-order chi connectivity index (χ0) is 19.2. The van der Waals surface area contributed by atoms with Crippen LogP contribution in [-0.2, 0) is 6.54 Å². The molecule has 0 aliphatic heterocycles. The molecule has 0 spiro atoms. The summed E-state index contributed by atoms with van der Waals surface area (Å²) in [6.45, 7) is 2.83. The Morgan fingerprint density at radius 2 is 2.04 bits per heavy atom. The molecule has 0 fully saturated rings. The molecule has 1 aromatic carbocycles. The number of carbonyl (C=O) groups is 1. The Kier molecular flexibility index (Phi) is 5.64. The molecule has 2 heterocycles. The molecular weight excluding hydrogens is 340 g/mol. The molecular formula is C21H20N4O2. The third-order valence-electron chi connectivity index (χ3n) is 4.40.